The van der Waals surface area contributed by atoms with Crippen LogP contribution >= 0.6 is 0 Å². The van der Waals surface area contributed by atoms with Crippen molar-refractivity contribution in [2.45, 2.75) is 117 Å². The van der Waals surface area contributed by atoms with E-state index in [1.165, 1.54) is 27.6 Å². The van der Waals surface area contributed by atoms with Crippen molar-refractivity contribution in [2.75, 3.05) is 0 Å². The van der Waals surface area contributed by atoms with Gasteiger partial charge in [-0.2, -0.15) is 6.07 Å². The number of fused-ring (bicyclic) bond motifs is 8. The van der Waals surface area contributed by atoms with Gasteiger partial charge in [0.2, 0.25) is 0 Å². The number of rotatable bonds is 4. The zero-order valence-corrected chi connectivity index (χ0v) is 35.6. The third kappa shape index (κ3) is 5.06. The smallest absolute Gasteiger partial charge is 0.511 e. The van der Waals surface area contributed by atoms with Crippen LogP contribution in [0.2, 0.25) is 0 Å². The fourth-order valence-electron chi connectivity index (χ4n) is 8.64. The Morgan fingerprint density at radius 3 is 2.39 bits per heavy atom. The summed E-state index contributed by atoms with van der Waals surface area (Å²) in [6, 6.07) is 26.6. The van der Waals surface area contributed by atoms with Gasteiger partial charge in [0.05, 0.1) is 0 Å². The predicted octanol–water partition coefficient (Wildman–Crippen LogP) is 11.6. The van der Waals surface area contributed by atoms with Crippen molar-refractivity contribution >= 4 is 27.7 Å². The summed E-state index contributed by atoms with van der Waals surface area (Å²) in [6.45, 7) is 25.7. The molecule has 0 fully saturated rings. The molecule has 2 atom stereocenters. The Balaban J connectivity index is 0.00000441. The summed E-state index contributed by atoms with van der Waals surface area (Å²) in [4.78, 5) is 10.2. The van der Waals surface area contributed by atoms with Crippen molar-refractivity contribution < 1.29 is 33.3 Å². The molecule has 0 N–H and O–H groups in total. The van der Waals surface area contributed by atoms with Crippen LogP contribution < -0.4 is 4.74 Å². The van der Waals surface area contributed by atoms with Gasteiger partial charge in [0.25, 0.3) is 0 Å². The van der Waals surface area contributed by atoms with Gasteiger partial charge in [0.15, 0.2) is 0 Å². The van der Waals surface area contributed by atoms with Crippen LogP contribution in [0.3, 0.4) is 0 Å². The van der Waals surface area contributed by atoms with Gasteiger partial charge in [-0.1, -0.05) is 109 Å². The van der Waals surface area contributed by atoms with Crippen LogP contribution in [0.4, 0.5) is 0 Å². The van der Waals surface area contributed by atoms with Crippen LogP contribution in [0.15, 0.2) is 65.8 Å². The maximum absolute atomic E-state index is 9.42. The first kappa shape index (κ1) is 34.3. The first-order valence-electron chi connectivity index (χ1n) is 19.9. The second-order valence-corrected chi connectivity index (χ2v) is 17.7. The van der Waals surface area contributed by atoms with E-state index in [1.54, 1.807) is 0 Å². The van der Waals surface area contributed by atoms with Gasteiger partial charge in [-0.05, 0) is 83.9 Å². The maximum Gasteiger partial charge on any atom is 2.00 e. The largest absolute Gasteiger partial charge is 2.00 e. The number of aryl methyl sites for hydroxylation is 2. The number of hydrogen-bond donors (Lipinski definition) is 0. The summed E-state index contributed by atoms with van der Waals surface area (Å²) < 4.78 is 34.6. The number of aliphatic imine (C=N–C) groups is 1. The van der Waals surface area contributed by atoms with Crippen LogP contribution in [0.1, 0.15) is 127 Å². The minimum Gasteiger partial charge on any atom is -0.511 e. The molecule has 278 valence electrons. The molecule has 3 aliphatic rings. The van der Waals surface area contributed by atoms with Crippen LogP contribution in [0, 0.1) is 32.9 Å². The molecule has 2 aliphatic heterocycles. The number of ether oxygens (including phenoxy) is 2. The summed E-state index contributed by atoms with van der Waals surface area (Å²) in [7, 11) is 0. The quantitative estimate of drug-likeness (QED) is 0.166. The molecule has 0 saturated carbocycles. The maximum atomic E-state index is 9.42. The van der Waals surface area contributed by atoms with Crippen molar-refractivity contribution in [1.29, 1.82) is 0 Å². The third-order valence-corrected chi connectivity index (χ3v) is 12.4. The molecular formula is C48H49N3O2Pt. The summed E-state index contributed by atoms with van der Waals surface area (Å²) in [5.41, 5.74) is 9.57. The van der Waals surface area contributed by atoms with Gasteiger partial charge in [-0.15, -0.1) is 28.6 Å². The van der Waals surface area contributed by atoms with Gasteiger partial charge in [-0.3, -0.25) is 4.99 Å². The van der Waals surface area contributed by atoms with Crippen LogP contribution in [-0.4, -0.2) is 21.0 Å². The van der Waals surface area contributed by atoms with E-state index >= 15 is 0 Å². The Hall–Kier alpha value is -4.21. The number of hydrogen-bond acceptors (Lipinski definition) is 4. The van der Waals surface area contributed by atoms with Crippen molar-refractivity contribution in [2.24, 2.45) is 4.99 Å². The minimum atomic E-state index is -1.77. The van der Waals surface area contributed by atoms with Gasteiger partial charge in [0, 0.05) is 43.3 Å². The van der Waals surface area contributed by atoms with Crippen LogP contribution in [0.25, 0.3) is 27.6 Å². The fourth-order valence-corrected chi connectivity index (χ4v) is 8.64. The molecule has 1 aliphatic carbocycles. The zero-order valence-electron chi connectivity index (χ0n) is 35.3. The first-order valence-corrected chi connectivity index (χ1v) is 18.9. The minimum absolute atomic E-state index is 0. The molecule has 6 heteroatoms. The molecule has 4 heterocycles. The Bertz CT molecular complexity index is 2700. The number of aromatic nitrogens is 2. The molecule has 0 saturated heterocycles. The van der Waals surface area contributed by atoms with Gasteiger partial charge in [0.1, 0.15) is 22.9 Å². The van der Waals surface area contributed by atoms with E-state index in [2.05, 4.69) is 102 Å². The van der Waals surface area contributed by atoms with E-state index in [9.17, 15) is 2.74 Å². The monoisotopic (exact) mass is 896 g/mol. The van der Waals surface area contributed by atoms with Crippen molar-refractivity contribution in [1.82, 2.24) is 9.55 Å². The summed E-state index contributed by atoms with van der Waals surface area (Å²) >= 11 is 0. The average molecular weight is 897 g/mol. The Morgan fingerprint density at radius 2 is 1.67 bits per heavy atom. The third-order valence-electron chi connectivity index (χ3n) is 12.4. The van der Waals surface area contributed by atoms with Gasteiger partial charge in [-0.25, -0.2) is 4.98 Å². The predicted molar refractivity (Wildman–Crippen MR) is 215 cm³/mol. The standard InChI is InChI=1S/C48H49N3O2.Pt/c1-26(2)30-19-31(44-50-48(12)37-16-15-27(3)29(5)36(37)25-47(48,11)53-44)21-33(20-30)52-41-24-40-34(18-28(41)4)35-22-32(45(6,7)8)23-39-42(35)51(40)43-38(46(39,9)10)14-13-17-49-43;/h13-20,22-23,26H,25H2,1-12H3;/q-2;+2/t47-,48+;/m0./s1/i25D2;. The van der Waals surface area contributed by atoms with Crippen molar-refractivity contribution in [3.05, 3.63) is 129 Å². The van der Waals surface area contributed by atoms with Gasteiger partial charge < -0.3 is 14.0 Å². The topological polar surface area (TPSA) is 48.6 Å². The summed E-state index contributed by atoms with van der Waals surface area (Å²) in [6.07, 6.45) is 0.0991. The molecule has 0 radical (unpaired) electrons. The number of pyridine rings is 1. The summed E-state index contributed by atoms with van der Waals surface area (Å²) in [5, 5.41) is 2.31. The van der Waals surface area contributed by atoms with Crippen LogP contribution in [0.5, 0.6) is 11.5 Å². The molecule has 0 unspecified atom stereocenters. The SMILES string of the molecule is [2H]C1([2H])c2c(ccc(C)c2C)[C@@]2(C)N=C(c3[c-]c(Oc4[c-]c5c(cc4C)c4cc(C(C)(C)C)cc6c4n5-c4ncccc4C6(C)C)cc(C(C)C)c3)O[C@@]12C.[Pt+2]. The van der Waals surface area contributed by atoms with Crippen molar-refractivity contribution in [3.63, 3.8) is 0 Å². The number of nitrogens with zero attached hydrogens (tertiary/aromatic N) is 3. The second kappa shape index (κ2) is 11.9. The van der Waals surface area contributed by atoms with Crippen molar-refractivity contribution in [3.8, 4) is 17.3 Å². The molecule has 9 rings (SSSR count). The molecule has 0 amide bonds. The van der Waals surface area contributed by atoms with E-state index in [0.29, 0.717) is 28.5 Å². The summed E-state index contributed by atoms with van der Waals surface area (Å²) in [5.74, 6) is 2.60. The molecule has 0 bridgehead atoms. The molecule has 5 nitrogen and oxygen atoms in total. The second-order valence-electron chi connectivity index (χ2n) is 17.7. The molecular weight excluding hydrogens is 846 g/mol. The molecule has 4 aromatic carbocycles. The number of benzene rings is 4. The Labute approximate surface area is 337 Å². The van der Waals surface area contributed by atoms with E-state index in [4.69, 9.17) is 19.5 Å². The van der Waals surface area contributed by atoms with Crippen LogP contribution in [-0.2, 0) is 48.5 Å². The normalized spacial score (nSPS) is 22.2. The zero-order chi connectivity index (χ0) is 39.4. The Morgan fingerprint density at radius 1 is 0.907 bits per heavy atom. The first-order chi connectivity index (χ1) is 25.7. The fraction of sp³-hybridized carbons (Fsp3) is 0.375. The van der Waals surface area contributed by atoms with E-state index in [1.807, 2.05) is 58.2 Å². The molecule has 6 aromatic rings. The Kier molecular flexibility index (Phi) is 7.55. The van der Waals surface area contributed by atoms with E-state index in [0.717, 1.165) is 44.5 Å². The van der Waals surface area contributed by atoms with E-state index < -0.39 is 17.5 Å². The van der Waals surface area contributed by atoms with E-state index in [-0.39, 0.29) is 37.8 Å². The molecule has 54 heavy (non-hydrogen) atoms. The molecule has 0 spiro atoms. The average Bonchev–Trinajstić information content (AvgIpc) is 3.63. The molecule has 2 aromatic heterocycles. The van der Waals surface area contributed by atoms with Gasteiger partial charge >= 0.3 is 21.1 Å².